The summed E-state index contributed by atoms with van der Waals surface area (Å²) in [6.45, 7) is 26.3. The molecule has 0 aromatic carbocycles. The smallest absolute Gasteiger partial charge is 0.319 e. The van der Waals surface area contributed by atoms with Gasteiger partial charge in [0.05, 0.1) is 13.2 Å². The number of carbonyl (C=O) groups is 1. The Hall–Kier alpha value is -0.0862. The van der Waals surface area contributed by atoms with Gasteiger partial charge in [-0.1, -0.05) is 60.1 Å². The average Bonchev–Trinajstić information content (AvgIpc) is 3.17. The lowest BCUT2D eigenvalue weighted by Crippen LogP contribution is -2.86. The van der Waals surface area contributed by atoms with Crippen molar-refractivity contribution in [2.75, 3.05) is 7.11 Å². The number of thioether (sulfide) groups is 1. The number of esters is 1. The van der Waals surface area contributed by atoms with Crippen molar-refractivity contribution in [3.05, 3.63) is 11.6 Å². The predicted octanol–water partition coefficient (Wildman–Crippen LogP) is 9.12. The van der Waals surface area contributed by atoms with Gasteiger partial charge >= 0.3 is 5.97 Å². The summed E-state index contributed by atoms with van der Waals surface area (Å²) in [6, 6.07) is 0. The average molecular weight is 619 g/mol. The molecule has 1 aliphatic heterocycles. The lowest BCUT2D eigenvalue weighted by Gasteiger charge is -2.86. The highest BCUT2D eigenvalue weighted by atomic mass is 32.2. The molecule has 1 spiro atoms. The molecule has 7 heteroatoms. The number of ether oxygens (including phenoxy) is 1. The topological polar surface area (TPSA) is 44.8 Å². The molecule has 0 N–H and O–H groups in total. The Balaban J connectivity index is 1.33. The van der Waals surface area contributed by atoms with E-state index in [0.717, 1.165) is 19.3 Å². The maximum absolute atomic E-state index is 13.4. The summed E-state index contributed by atoms with van der Waals surface area (Å²) in [6.07, 6.45) is 12.8. The third kappa shape index (κ3) is 3.86. The molecule has 1 saturated heterocycles. The van der Waals surface area contributed by atoms with Gasteiger partial charge < -0.3 is 13.6 Å². The summed E-state index contributed by atoms with van der Waals surface area (Å²) in [7, 11) is -2.15. The molecular formula is C34H58O4SSi2. The first-order valence-electron chi connectivity index (χ1n) is 16.5. The molecule has 2 bridgehead atoms. The van der Waals surface area contributed by atoms with Gasteiger partial charge in [-0.3, -0.25) is 4.79 Å². The van der Waals surface area contributed by atoms with Crippen LogP contribution in [0.3, 0.4) is 0 Å². The van der Waals surface area contributed by atoms with Gasteiger partial charge in [0, 0.05) is 21.7 Å². The molecular weight excluding hydrogens is 561 g/mol. The second-order valence-corrected chi connectivity index (χ2v) is 29.2. The fourth-order valence-corrected chi connectivity index (χ4v) is 15.6. The van der Waals surface area contributed by atoms with E-state index in [2.05, 4.69) is 80.7 Å². The third-order valence-electron chi connectivity index (χ3n) is 14.5. The molecule has 0 aromatic heterocycles. The molecule has 0 radical (unpaired) electrons. The Morgan fingerprint density at radius 1 is 0.951 bits per heavy atom. The number of rotatable bonds is 5. The van der Waals surface area contributed by atoms with Gasteiger partial charge in [-0.25, -0.2) is 0 Å². The van der Waals surface area contributed by atoms with Crippen molar-refractivity contribution in [1.29, 1.82) is 0 Å². The molecule has 232 valence electrons. The standard InChI is InChI=1S/C34H58O4SSi2/c1-29(2,3)40(9,10)37-22-15-18-32-21-33(34(32,19-22)27(39-33)28(35)36-8)20-23-24-13-14-26(31(24,7)17-16-25(23)32)38-41(11,12)30(4,5)6/h16,22-24,26-27H,13-15,17-21H2,1-12H3/t22-,23?,24?,26-,27?,31-,32-,33?,34-/m0/s1. The first kappa shape index (κ1) is 30.9. The lowest BCUT2D eigenvalue weighted by atomic mass is 9.28. The van der Waals surface area contributed by atoms with Crippen LogP contribution < -0.4 is 0 Å². The summed E-state index contributed by atoms with van der Waals surface area (Å²) < 4.78 is 20.0. The Bertz CT molecular complexity index is 1150. The van der Waals surface area contributed by atoms with Crippen LogP contribution >= 0.6 is 11.8 Å². The van der Waals surface area contributed by atoms with E-state index in [4.69, 9.17) is 13.6 Å². The highest BCUT2D eigenvalue weighted by molar-refractivity contribution is 8.03. The van der Waals surface area contributed by atoms with Gasteiger partial charge in [0.15, 0.2) is 16.6 Å². The molecule has 0 amide bonds. The van der Waals surface area contributed by atoms with Crippen molar-refractivity contribution in [1.82, 2.24) is 0 Å². The Morgan fingerprint density at radius 3 is 2.20 bits per heavy atom. The minimum absolute atomic E-state index is 0.00563. The number of methoxy groups -OCH3 is 1. The molecule has 0 aromatic rings. The molecule has 4 saturated carbocycles. The molecule has 9 atom stereocenters. The van der Waals surface area contributed by atoms with Crippen LogP contribution in [0.5, 0.6) is 0 Å². The number of fused-ring (bicyclic) bond motifs is 3. The van der Waals surface area contributed by atoms with Crippen molar-refractivity contribution in [3.8, 4) is 0 Å². The number of hydrogen-bond donors (Lipinski definition) is 0. The molecule has 5 fully saturated rings. The number of hydrogen-bond acceptors (Lipinski definition) is 5. The summed E-state index contributed by atoms with van der Waals surface area (Å²) in [5.74, 6) is 1.35. The lowest BCUT2D eigenvalue weighted by molar-refractivity contribution is -0.218. The van der Waals surface area contributed by atoms with Crippen LogP contribution in [0.15, 0.2) is 11.6 Å². The van der Waals surface area contributed by atoms with E-state index in [1.807, 2.05) is 11.8 Å². The van der Waals surface area contributed by atoms with Gasteiger partial charge in [-0.2, -0.15) is 0 Å². The van der Waals surface area contributed by atoms with E-state index in [1.165, 1.54) is 32.1 Å². The SMILES string of the molecule is COC(=O)C1SC23CC4C(=CC[C@@]5(C)C4CC[C@@H]5O[Si](C)(C)C(C)(C)C)[C@]4(CC[C@H](O[Si](C)(C)C(C)(C)C)C[C@@]124)C3. The Morgan fingerprint density at radius 2 is 1.59 bits per heavy atom. The maximum Gasteiger partial charge on any atom is 0.319 e. The Labute approximate surface area is 257 Å². The van der Waals surface area contributed by atoms with Crippen LogP contribution in [0, 0.1) is 28.1 Å². The molecule has 41 heavy (non-hydrogen) atoms. The summed E-state index contributed by atoms with van der Waals surface area (Å²) in [5, 5.41) is 0.383. The Kier molecular flexibility index (Phi) is 6.79. The van der Waals surface area contributed by atoms with Crippen molar-refractivity contribution in [2.24, 2.45) is 28.1 Å². The van der Waals surface area contributed by atoms with E-state index in [1.54, 1.807) is 12.7 Å². The molecule has 1 heterocycles. The van der Waals surface area contributed by atoms with Crippen LogP contribution in [0.2, 0.25) is 36.3 Å². The van der Waals surface area contributed by atoms with E-state index in [9.17, 15) is 4.79 Å². The fraction of sp³-hybridized carbons (Fsp3) is 0.912. The quantitative estimate of drug-likeness (QED) is 0.175. The summed E-state index contributed by atoms with van der Waals surface area (Å²) in [5.41, 5.74) is 2.14. The van der Waals surface area contributed by atoms with E-state index >= 15 is 0 Å². The van der Waals surface area contributed by atoms with Gasteiger partial charge in [0.2, 0.25) is 0 Å². The molecule has 6 aliphatic rings. The highest BCUT2D eigenvalue weighted by Crippen LogP contribution is 2.91. The minimum Gasteiger partial charge on any atom is -0.468 e. The van der Waals surface area contributed by atoms with Gasteiger partial charge in [-0.15, -0.1) is 11.8 Å². The molecule has 6 rings (SSSR count). The van der Waals surface area contributed by atoms with E-state index < -0.39 is 16.6 Å². The largest absolute Gasteiger partial charge is 0.468 e. The van der Waals surface area contributed by atoms with E-state index in [-0.39, 0.29) is 48.4 Å². The second kappa shape index (κ2) is 9.01. The van der Waals surface area contributed by atoms with Gasteiger partial charge in [0.1, 0.15) is 5.25 Å². The van der Waals surface area contributed by atoms with Gasteiger partial charge in [-0.05, 0) is 105 Å². The van der Waals surface area contributed by atoms with Crippen molar-refractivity contribution in [3.63, 3.8) is 0 Å². The van der Waals surface area contributed by atoms with Crippen molar-refractivity contribution >= 4 is 34.4 Å². The third-order valence-corrected chi connectivity index (χ3v) is 25.5. The molecule has 5 aliphatic carbocycles. The zero-order valence-corrected chi connectivity index (χ0v) is 31.0. The number of allylic oxidation sites excluding steroid dienone is 2. The first-order valence-corrected chi connectivity index (χ1v) is 23.2. The first-order chi connectivity index (χ1) is 18.7. The van der Waals surface area contributed by atoms with E-state index in [0.29, 0.717) is 17.9 Å². The highest BCUT2D eigenvalue weighted by Gasteiger charge is 2.89. The zero-order chi connectivity index (χ0) is 30.2. The fourth-order valence-electron chi connectivity index (χ4n) is 10.3. The summed E-state index contributed by atoms with van der Waals surface area (Å²) in [4.78, 5) is 13.4. The molecule has 4 unspecified atom stereocenters. The minimum atomic E-state index is -1.90. The van der Waals surface area contributed by atoms with Crippen LogP contribution in [-0.4, -0.2) is 51.9 Å². The monoisotopic (exact) mass is 618 g/mol. The normalized spacial score (nSPS) is 45.3. The molecule has 4 nitrogen and oxygen atoms in total. The van der Waals surface area contributed by atoms with Crippen molar-refractivity contribution < 1.29 is 18.4 Å². The van der Waals surface area contributed by atoms with Gasteiger partial charge in [0.25, 0.3) is 0 Å². The summed E-state index contributed by atoms with van der Waals surface area (Å²) >= 11 is 1.99. The zero-order valence-electron chi connectivity index (χ0n) is 28.2. The van der Waals surface area contributed by atoms with Crippen molar-refractivity contribution in [2.45, 2.75) is 158 Å². The van der Waals surface area contributed by atoms with Crippen LogP contribution in [0.25, 0.3) is 0 Å². The van der Waals surface area contributed by atoms with Crippen LogP contribution in [-0.2, 0) is 18.4 Å². The van der Waals surface area contributed by atoms with Crippen LogP contribution in [0.1, 0.15) is 99.8 Å². The predicted molar refractivity (Wildman–Crippen MR) is 175 cm³/mol. The van der Waals surface area contributed by atoms with Crippen LogP contribution in [0.4, 0.5) is 0 Å². The second-order valence-electron chi connectivity index (χ2n) is 18.2. The maximum atomic E-state index is 13.4. The number of carbonyl (C=O) groups excluding carboxylic acids is 1.